The van der Waals surface area contributed by atoms with E-state index >= 15 is 0 Å². The maximum absolute atomic E-state index is 14.1. The van der Waals surface area contributed by atoms with Crippen LogP contribution in [0.5, 0.6) is 0 Å². The normalized spacial score (nSPS) is 18.8. The average molecular weight is 440 g/mol. The van der Waals surface area contributed by atoms with Crippen molar-refractivity contribution in [2.45, 2.75) is 16.6 Å². The number of aromatic nitrogens is 1. The summed E-state index contributed by atoms with van der Waals surface area (Å²) in [5.74, 6) is -1.13. The fraction of sp³-hybridized carbons (Fsp3) is 0.316. The minimum absolute atomic E-state index is 0.0572. The van der Waals surface area contributed by atoms with Crippen LogP contribution in [0.2, 0.25) is 0 Å². The van der Waals surface area contributed by atoms with Gasteiger partial charge < -0.3 is 4.42 Å². The second-order valence-corrected chi connectivity index (χ2v) is 10.0. The molecule has 4 rings (SSSR count). The Morgan fingerprint density at radius 3 is 2.72 bits per heavy atom. The van der Waals surface area contributed by atoms with Gasteiger partial charge in [0.05, 0.1) is 10.4 Å². The molecule has 6 nitrogen and oxygen atoms in total. The molecule has 154 valence electrons. The zero-order valence-corrected chi connectivity index (χ0v) is 17.1. The van der Waals surface area contributed by atoms with Crippen molar-refractivity contribution in [2.75, 3.05) is 18.8 Å². The van der Waals surface area contributed by atoms with Crippen LogP contribution < -0.4 is 5.76 Å². The smallest absolute Gasteiger partial charge is 0.408 e. The Morgan fingerprint density at radius 1 is 1.14 bits per heavy atom. The van der Waals surface area contributed by atoms with Gasteiger partial charge in [-0.05, 0) is 42.8 Å². The number of benzene rings is 2. The molecule has 1 saturated heterocycles. The van der Waals surface area contributed by atoms with Crippen molar-refractivity contribution in [1.29, 1.82) is 0 Å². The fourth-order valence-electron chi connectivity index (χ4n) is 3.42. The number of nitrogens with zero attached hydrogens (tertiary/aromatic N) is 2. The second kappa shape index (κ2) is 7.58. The molecule has 29 heavy (non-hydrogen) atoms. The SMILES string of the molecule is Cn1c(=O)oc2ccc(S(=O)(=O)N3CCS[C@H](c4cc(F)ccc4F)CC3)cc21. The highest BCUT2D eigenvalue weighted by atomic mass is 32.2. The van der Waals surface area contributed by atoms with Gasteiger partial charge in [-0.15, -0.1) is 0 Å². The van der Waals surface area contributed by atoms with Crippen LogP contribution in [0, 0.1) is 11.6 Å². The van der Waals surface area contributed by atoms with E-state index in [0.29, 0.717) is 23.3 Å². The minimum atomic E-state index is -3.81. The Kier molecular flexibility index (Phi) is 5.26. The Bertz CT molecular complexity index is 1240. The summed E-state index contributed by atoms with van der Waals surface area (Å²) < 4.78 is 61.6. The first-order valence-electron chi connectivity index (χ1n) is 8.93. The van der Waals surface area contributed by atoms with E-state index in [-0.39, 0.29) is 28.8 Å². The summed E-state index contributed by atoms with van der Waals surface area (Å²) in [6.45, 7) is 0.432. The van der Waals surface area contributed by atoms with E-state index < -0.39 is 27.4 Å². The van der Waals surface area contributed by atoms with Crippen LogP contribution in [0.25, 0.3) is 11.1 Å². The number of rotatable bonds is 3. The Hall–Kier alpha value is -2.17. The van der Waals surface area contributed by atoms with Crippen molar-refractivity contribution < 1.29 is 21.6 Å². The van der Waals surface area contributed by atoms with Crippen molar-refractivity contribution >= 4 is 32.9 Å². The first-order chi connectivity index (χ1) is 13.8. The number of thioether (sulfide) groups is 1. The molecule has 2 heterocycles. The third-order valence-electron chi connectivity index (χ3n) is 5.01. The number of fused-ring (bicyclic) bond motifs is 1. The van der Waals surface area contributed by atoms with Crippen LogP contribution in [0.3, 0.4) is 0 Å². The molecule has 1 aliphatic rings. The van der Waals surface area contributed by atoms with Crippen molar-refractivity contribution in [2.24, 2.45) is 7.05 Å². The van der Waals surface area contributed by atoms with Gasteiger partial charge in [0, 0.05) is 36.7 Å². The third-order valence-corrected chi connectivity index (χ3v) is 8.21. The first-order valence-corrected chi connectivity index (χ1v) is 11.4. The highest BCUT2D eigenvalue weighted by Gasteiger charge is 2.30. The molecule has 0 radical (unpaired) electrons. The summed E-state index contributed by atoms with van der Waals surface area (Å²) >= 11 is 1.41. The molecule has 1 aromatic heterocycles. The Balaban J connectivity index is 1.61. The van der Waals surface area contributed by atoms with Gasteiger partial charge in [0.25, 0.3) is 0 Å². The van der Waals surface area contributed by atoms with Crippen LogP contribution in [-0.4, -0.2) is 36.1 Å². The van der Waals surface area contributed by atoms with Crippen molar-refractivity contribution in [3.05, 3.63) is 64.1 Å². The molecule has 0 spiro atoms. The molecule has 1 fully saturated rings. The summed E-state index contributed by atoms with van der Waals surface area (Å²) in [7, 11) is -2.31. The fourth-order valence-corrected chi connectivity index (χ4v) is 6.25. The predicted molar refractivity (Wildman–Crippen MR) is 106 cm³/mol. The number of hydrogen-bond donors (Lipinski definition) is 0. The standard InChI is InChI=1S/C19H18F2N2O4S2/c1-22-16-11-13(3-5-17(16)27-19(22)24)29(25,26)23-7-6-18(28-9-8-23)14-10-12(20)2-4-15(14)21/h2-5,10-11,18H,6-9H2,1H3/t18-/m0/s1. The van der Waals surface area contributed by atoms with E-state index in [1.54, 1.807) is 0 Å². The van der Waals surface area contributed by atoms with Gasteiger partial charge in [0.1, 0.15) is 11.6 Å². The van der Waals surface area contributed by atoms with Gasteiger partial charge in [-0.3, -0.25) is 4.57 Å². The molecule has 10 heteroatoms. The predicted octanol–water partition coefficient (Wildman–Crippen LogP) is 3.28. The largest absolute Gasteiger partial charge is 0.419 e. The number of halogens is 2. The lowest BCUT2D eigenvalue weighted by molar-refractivity contribution is 0.426. The zero-order chi connectivity index (χ0) is 20.8. The maximum Gasteiger partial charge on any atom is 0.419 e. The van der Waals surface area contributed by atoms with Crippen LogP contribution in [0.1, 0.15) is 17.2 Å². The summed E-state index contributed by atoms with van der Waals surface area (Å²) in [5, 5.41) is -0.330. The lowest BCUT2D eigenvalue weighted by Crippen LogP contribution is -2.33. The molecule has 3 aromatic rings. The van der Waals surface area contributed by atoms with Gasteiger partial charge in [-0.1, -0.05) is 0 Å². The second-order valence-electron chi connectivity index (χ2n) is 6.77. The molecular formula is C19H18F2N2O4S2. The van der Waals surface area contributed by atoms with Gasteiger partial charge in [0.15, 0.2) is 5.58 Å². The number of aryl methyl sites for hydroxylation is 1. The van der Waals surface area contributed by atoms with Crippen molar-refractivity contribution in [3.63, 3.8) is 0 Å². The van der Waals surface area contributed by atoms with E-state index in [0.717, 1.165) is 12.1 Å². The number of oxazole rings is 1. The van der Waals surface area contributed by atoms with Crippen LogP contribution in [-0.2, 0) is 17.1 Å². The molecule has 0 aliphatic carbocycles. The molecule has 1 aliphatic heterocycles. The van der Waals surface area contributed by atoms with E-state index in [1.807, 2.05) is 0 Å². The quantitative estimate of drug-likeness (QED) is 0.625. The summed E-state index contributed by atoms with van der Waals surface area (Å²) in [6, 6.07) is 7.61. The molecule has 0 amide bonds. The summed E-state index contributed by atoms with van der Waals surface area (Å²) in [6.07, 6.45) is 0.358. The van der Waals surface area contributed by atoms with Crippen molar-refractivity contribution in [1.82, 2.24) is 8.87 Å². The first kappa shape index (κ1) is 20.1. The van der Waals surface area contributed by atoms with Crippen molar-refractivity contribution in [3.8, 4) is 0 Å². The lowest BCUT2D eigenvalue weighted by atomic mass is 10.1. The molecule has 0 saturated carbocycles. The van der Waals surface area contributed by atoms with Gasteiger partial charge in [-0.25, -0.2) is 22.0 Å². The van der Waals surface area contributed by atoms with Crippen LogP contribution >= 0.6 is 11.8 Å². The Labute approximate surface area is 170 Å². The van der Waals surface area contributed by atoms with Gasteiger partial charge in [-0.2, -0.15) is 16.1 Å². The Morgan fingerprint density at radius 2 is 1.93 bits per heavy atom. The highest BCUT2D eigenvalue weighted by Crippen LogP contribution is 2.37. The highest BCUT2D eigenvalue weighted by molar-refractivity contribution is 7.99. The van der Waals surface area contributed by atoms with E-state index in [1.165, 1.54) is 51.9 Å². The van der Waals surface area contributed by atoms with E-state index in [9.17, 15) is 22.0 Å². The average Bonchev–Trinajstić information content (AvgIpc) is 2.87. The number of sulfonamides is 1. The maximum atomic E-state index is 14.1. The van der Waals surface area contributed by atoms with Gasteiger partial charge in [0.2, 0.25) is 10.0 Å². The topological polar surface area (TPSA) is 72.5 Å². The molecular weight excluding hydrogens is 422 g/mol. The van der Waals surface area contributed by atoms with Crippen LogP contribution in [0.4, 0.5) is 8.78 Å². The molecule has 0 unspecified atom stereocenters. The molecule has 2 aromatic carbocycles. The minimum Gasteiger partial charge on any atom is -0.408 e. The van der Waals surface area contributed by atoms with E-state index in [4.69, 9.17) is 4.42 Å². The number of hydrogen-bond acceptors (Lipinski definition) is 5. The third kappa shape index (κ3) is 3.72. The van der Waals surface area contributed by atoms with Crippen LogP contribution in [0.15, 0.2) is 50.5 Å². The lowest BCUT2D eigenvalue weighted by Gasteiger charge is -2.20. The molecule has 0 N–H and O–H groups in total. The monoisotopic (exact) mass is 440 g/mol. The molecule has 0 bridgehead atoms. The molecule has 1 atom stereocenters. The zero-order valence-electron chi connectivity index (χ0n) is 15.5. The summed E-state index contributed by atoms with van der Waals surface area (Å²) in [4.78, 5) is 11.7. The van der Waals surface area contributed by atoms with E-state index in [2.05, 4.69) is 0 Å². The summed E-state index contributed by atoms with van der Waals surface area (Å²) in [5.41, 5.74) is 0.952. The van der Waals surface area contributed by atoms with Gasteiger partial charge >= 0.3 is 5.76 Å².